The first-order chi connectivity index (χ1) is 10.1. The van der Waals surface area contributed by atoms with Gasteiger partial charge in [-0.05, 0) is 51.3 Å². The first-order valence-electron chi connectivity index (χ1n) is 6.23. The second-order valence-corrected chi connectivity index (χ2v) is 5.68. The van der Waals surface area contributed by atoms with Crippen molar-refractivity contribution in [2.75, 3.05) is 14.2 Å². The normalized spacial score (nSPS) is 12.0. The number of benzene rings is 2. The average molecular weight is 372 g/mol. The molecule has 0 aliphatic rings. The second kappa shape index (κ2) is 7.13. The molecule has 0 saturated carbocycles. The molecule has 0 aliphatic carbocycles. The third-order valence-corrected chi connectivity index (χ3v) is 4.36. The molecule has 6 heteroatoms. The van der Waals surface area contributed by atoms with E-state index in [1.807, 2.05) is 36.4 Å². The maximum absolute atomic E-state index is 6.03. The minimum Gasteiger partial charge on any atom is -0.497 e. The molecule has 0 saturated heterocycles. The van der Waals surface area contributed by atoms with Gasteiger partial charge in [0.2, 0.25) is 0 Å². The van der Waals surface area contributed by atoms with Crippen LogP contribution in [-0.4, -0.2) is 14.2 Å². The van der Waals surface area contributed by atoms with Crippen LogP contribution in [0.5, 0.6) is 11.5 Å². The maximum Gasteiger partial charge on any atom is 0.122 e. The SMILES string of the molecule is COc1cc(OC)cc(C(NN)c2ccc(Cl)c(Br)c2)c1. The Hall–Kier alpha value is -1.27. The molecule has 2 aromatic carbocycles. The summed E-state index contributed by atoms with van der Waals surface area (Å²) in [5, 5.41) is 0.651. The Morgan fingerprint density at radius 1 is 1.05 bits per heavy atom. The predicted octanol–water partition coefficient (Wildman–Crippen LogP) is 3.67. The van der Waals surface area contributed by atoms with Gasteiger partial charge in [-0.1, -0.05) is 17.7 Å². The van der Waals surface area contributed by atoms with E-state index >= 15 is 0 Å². The Bertz CT molecular complexity index is 615. The van der Waals surface area contributed by atoms with Gasteiger partial charge in [0.25, 0.3) is 0 Å². The standard InChI is InChI=1S/C15H16BrClN2O2/c1-20-11-5-10(6-12(8-11)21-2)15(19-18)9-3-4-14(17)13(16)7-9/h3-8,15,19H,18H2,1-2H3. The summed E-state index contributed by atoms with van der Waals surface area (Å²) in [5.74, 6) is 7.14. The molecule has 0 aromatic heterocycles. The number of nitrogens with two attached hydrogens (primary N) is 1. The van der Waals surface area contributed by atoms with Crippen molar-refractivity contribution >= 4 is 27.5 Å². The topological polar surface area (TPSA) is 56.5 Å². The summed E-state index contributed by atoms with van der Waals surface area (Å²) in [6.45, 7) is 0. The summed E-state index contributed by atoms with van der Waals surface area (Å²) in [7, 11) is 3.23. The summed E-state index contributed by atoms with van der Waals surface area (Å²) in [6, 6.07) is 11.1. The van der Waals surface area contributed by atoms with Crippen molar-refractivity contribution in [3.8, 4) is 11.5 Å². The number of hydrogen-bond donors (Lipinski definition) is 2. The Morgan fingerprint density at radius 3 is 2.14 bits per heavy atom. The molecule has 2 aromatic rings. The molecule has 1 atom stereocenters. The van der Waals surface area contributed by atoms with Crippen molar-refractivity contribution in [1.29, 1.82) is 0 Å². The van der Waals surface area contributed by atoms with Crippen LogP contribution in [0.4, 0.5) is 0 Å². The molecule has 0 aliphatic heterocycles. The molecule has 3 N–H and O–H groups in total. The Kier molecular flexibility index (Phi) is 5.47. The number of halogens is 2. The molecule has 0 fully saturated rings. The number of hydrogen-bond acceptors (Lipinski definition) is 4. The third-order valence-electron chi connectivity index (χ3n) is 3.15. The van der Waals surface area contributed by atoms with Crippen LogP contribution < -0.4 is 20.7 Å². The summed E-state index contributed by atoms with van der Waals surface area (Å²) >= 11 is 9.45. The Labute approximate surface area is 137 Å². The molecule has 0 spiro atoms. The molecule has 1 unspecified atom stereocenters. The summed E-state index contributed by atoms with van der Waals surface area (Å²) < 4.78 is 11.4. The Morgan fingerprint density at radius 2 is 1.67 bits per heavy atom. The number of ether oxygens (including phenoxy) is 2. The van der Waals surface area contributed by atoms with E-state index in [0.29, 0.717) is 16.5 Å². The zero-order chi connectivity index (χ0) is 15.4. The number of nitrogens with one attached hydrogen (secondary N) is 1. The summed E-state index contributed by atoms with van der Waals surface area (Å²) in [4.78, 5) is 0. The summed E-state index contributed by atoms with van der Waals surface area (Å²) in [5.41, 5.74) is 4.72. The van der Waals surface area contributed by atoms with Gasteiger partial charge in [-0.15, -0.1) is 0 Å². The average Bonchev–Trinajstić information content (AvgIpc) is 2.51. The van der Waals surface area contributed by atoms with Gasteiger partial charge in [0.15, 0.2) is 0 Å². The van der Waals surface area contributed by atoms with Crippen LogP contribution in [0.1, 0.15) is 17.2 Å². The number of rotatable bonds is 5. The number of methoxy groups -OCH3 is 2. The van der Waals surface area contributed by atoms with Crippen LogP contribution in [0.15, 0.2) is 40.9 Å². The van der Waals surface area contributed by atoms with Crippen molar-refractivity contribution in [1.82, 2.24) is 5.43 Å². The lowest BCUT2D eigenvalue weighted by molar-refractivity contribution is 0.392. The molecule has 21 heavy (non-hydrogen) atoms. The number of hydrazine groups is 1. The lowest BCUT2D eigenvalue weighted by Gasteiger charge is -2.19. The Balaban J connectivity index is 2.47. The molecular weight excluding hydrogens is 356 g/mol. The fourth-order valence-electron chi connectivity index (χ4n) is 2.07. The highest BCUT2D eigenvalue weighted by Crippen LogP contribution is 2.32. The second-order valence-electron chi connectivity index (χ2n) is 4.42. The lowest BCUT2D eigenvalue weighted by Crippen LogP contribution is -2.28. The highest BCUT2D eigenvalue weighted by molar-refractivity contribution is 9.10. The van der Waals surface area contributed by atoms with Gasteiger partial charge in [-0.2, -0.15) is 0 Å². The monoisotopic (exact) mass is 370 g/mol. The van der Waals surface area contributed by atoms with Crippen molar-refractivity contribution in [2.45, 2.75) is 6.04 Å². The molecule has 112 valence electrons. The first kappa shape index (κ1) is 16.1. The van der Waals surface area contributed by atoms with Gasteiger partial charge in [-0.3, -0.25) is 5.84 Å². The van der Waals surface area contributed by atoms with Crippen molar-refractivity contribution < 1.29 is 9.47 Å². The minimum atomic E-state index is -0.206. The minimum absolute atomic E-state index is 0.206. The maximum atomic E-state index is 6.03. The first-order valence-corrected chi connectivity index (χ1v) is 7.40. The fourth-order valence-corrected chi connectivity index (χ4v) is 2.59. The highest BCUT2D eigenvalue weighted by atomic mass is 79.9. The molecular formula is C15H16BrClN2O2. The van der Waals surface area contributed by atoms with Gasteiger partial charge in [0.05, 0.1) is 25.3 Å². The van der Waals surface area contributed by atoms with E-state index in [-0.39, 0.29) is 6.04 Å². The largest absolute Gasteiger partial charge is 0.497 e. The van der Waals surface area contributed by atoms with Gasteiger partial charge < -0.3 is 9.47 Å². The quantitative estimate of drug-likeness (QED) is 0.622. The van der Waals surface area contributed by atoms with Crippen LogP contribution in [0.25, 0.3) is 0 Å². The van der Waals surface area contributed by atoms with Gasteiger partial charge in [0.1, 0.15) is 11.5 Å². The molecule has 0 amide bonds. The van der Waals surface area contributed by atoms with Crippen molar-refractivity contribution in [3.63, 3.8) is 0 Å². The van der Waals surface area contributed by atoms with E-state index in [9.17, 15) is 0 Å². The van der Waals surface area contributed by atoms with Crippen LogP contribution in [0.3, 0.4) is 0 Å². The van der Waals surface area contributed by atoms with Gasteiger partial charge in [-0.25, -0.2) is 5.43 Å². The van der Waals surface area contributed by atoms with E-state index in [4.69, 9.17) is 26.9 Å². The molecule has 4 nitrogen and oxygen atoms in total. The van der Waals surface area contributed by atoms with Crippen LogP contribution in [0, 0.1) is 0 Å². The van der Waals surface area contributed by atoms with E-state index in [1.54, 1.807) is 14.2 Å². The van der Waals surface area contributed by atoms with Crippen molar-refractivity contribution in [2.24, 2.45) is 5.84 Å². The van der Waals surface area contributed by atoms with E-state index in [0.717, 1.165) is 15.6 Å². The third kappa shape index (κ3) is 3.68. The fraction of sp³-hybridized carbons (Fsp3) is 0.200. The molecule has 2 rings (SSSR count). The zero-order valence-corrected chi connectivity index (χ0v) is 14.0. The molecule has 0 heterocycles. The predicted molar refractivity (Wildman–Crippen MR) is 87.9 cm³/mol. The van der Waals surface area contributed by atoms with Crippen LogP contribution in [-0.2, 0) is 0 Å². The molecule has 0 bridgehead atoms. The highest BCUT2D eigenvalue weighted by Gasteiger charge is 2.16. The smallest absolute Gasteiger partial charge is 0.122 e. The van der Waals surface area contributed by atoms with E-state index in [1.165, 1.54) is 0 Å². The van der Waals surface area contributed by atoms with E-state index < -0.39 is 0 Å². The van der Waals surface area contributed by atoms with Gasteiger partial charge in [0, 0.05) is 10.5 Å². The summed E-state index contributed by atoms with van der Waals surface area (Å²) in [6.07, 6.45) is 0. The van der Waals surface area contributed by atoms with Crippen molar-refractivity contribution in [3.05, 3.63) is 57.0 Å². The zero-order valence-electron chi connectivity index (χ0n) is 11.7. The van der Waals surface area contributed by atoms with Crippen LogP contribution >= 0.6 is 27.5 Å². The lowest BCUT2D eigenvalue weighted by atomic mass is 9.99. The van der Waals surface area contributed by atoms with Gasteiger partial charge >= 0.3 is 0 Å². The molecule has 0 radical (unpaired) electrons. The van der Waals surface area contributed by atoms with Crippen LogP contribution in [0.2, 0.25) is 5.02 Å². The van der Waals surface area contributed by atoms with E-state index in [2.05, 4.69) is 21.4 Å².